The van der Waals surface area contributed by atoms with Crippen molar-refractivity contribution in [2.45, 2.75) is 0 Å². The molecule has 3 rings (SSSR count). The van der Waals surface area contributed by atoms with Gasteiger partial charge in [0.25, 0.3) is 5.91 Å². The fourth-order valence-corrected chi connectivity index (χ4v) is 2.36. The first-order valence-electron chi connectivity index (χ1n) is 7.08. The van der Waals surface area contributed by atoms with E-state index in [0.29, 0.717) is 5.56 Å². The third-order valence-corrected chi connectivity index (χ3v) is 3.46. The summed E-state index contributed by atoms with van der Waals surface area (Å²) in [6.07, 6.45) is 4.83. The summed E-state index contributed by atoms with van der Waals surface area (Å²) < 4.78 is 0. The van der Waals surface area contributed by atoms with Gasteiger partial charge in [-0.3, -0.25) is 14.6 Å². The van der Waals surface area contributed by atoms with E-state index in [1.165, 1.54) is 12.3 Å². The Kier molecular flexibility index (Phi) is 4.07. The summed E-state index contributed by atoms with van der Waals surface area (Å²) in [5.41, 5.74) is 1.15. The van der Waals surface area contributed by atoms with Gasteiger partial charge in [-0.1, -0.05) is 24.3 Å². The Labute approximate surface area is 136 Å². The van der Waals surface area contributed by atoms with Crippen molar-refractivity contribution in [1.82, 2.24) is 15.3 Å². The number of carbonyl (C=O) groups is 2. The normalized spacial score (nSPS) is 10.5. The van der Waals surface area contributed by atoms with E-state index in [2.05, 4.69) is 15.3 Å². The second kappa shape index (κ2) is 6.33. The number of carboxylic acids is 1. The van der Waals surface area contributed by atoms with Crippen LogP contribution < -0.4 is 5.32 Å². The van der Waals surface area contributed by atoms with Crippen molar-refractivity contribution in [2.75, 3.05) is 6.54 Å². The van der Waals surface area contributed by atoms with Crippen LogP contribution in [0.4, 0.5) is 0 Å². The van der Waals surface area contributed by atoms with Crippen LogP contribution in [-0.4, -0.2) is 38.6 Å². The number of hydrogen-bond donors (Lipinski definition) is 3. The van der Waals surface area contributed by atoms with Gasteiger partial charge in [0.1, 0.15) is 12.3 Å². The van der Waals surface area contributed by atoms with Gasteiger partial charge in [-0.25, -0.2) is 4.98 Å². The van der Waals surface area contributed by atoms with E-state index >= 15 is 0 Å². The predicted molar refractivity (Wildman–Crippen MR) is 86.6 cm³/mol. The molecule has 0 aliphatic rings. The first kappa shape index (κ1) is 15.4. The minimum Gasteiger partial charge on any atom is -0.505 e. The van der Waals surface area contributed by atoms with E-state index in [1.807, 2.05) is 24.3 Å². The maximum atomic E-state index is 11.8. The number of carbonyl (C=O) groups excluding carboxylic acids is 1. The molecule has 0 saturated heterocycles. The zero-order valence-electron chi connectivity index (χ0n) is 12.4. The minimum atomic E-state index is -1.18. The van der Waals surface area contributed by atoms with Crippen molar-refractivity contribution in [3.8, 4) is 16.9 Å². The monoisotopic (exact) mass is 323 g/mol. The largest absolute Gasteiger partial charge is 0.505 e. The summed E-state index contributed by atoms with van der Waals surface area (Å²) in [6, 6.07) is 9.06. The van der Waals surface area contributed by atoms with Crippen LogP contribution >= 0.6 is 0 Å². The van der Waals surface area contributed by atoms with Gasteiger partial charge in [0.05, 0.1) is 0 Å². The van der Waals surface area contributed by atoms with E-state index in [9.17, 15) is 14.7 Å². The Morgan fingerprint density at radius 3 is 2.67 bits per heavy atom. The lowest BCUT2D eigenvalue weighted by Gasteiger charge is -2.08. The summed E-state index contributed by atoms with van der Waals surface area (Å²) in [6.45, 7) is -0.547. The van der Waals surface area contributed by atoms with Gasteiger partial charge in [-0.15, -0.1) is 0 Å². The molecular weight excluding hydrogens is 310 g/mol. The number of carboxylic acid groups (broad SMARTS) is 1. The summed E-state index contributed by atoms with van der Waals surface area (Å²) in [5, 5.41) is 22.7. The Balaban J connectivity index is 1.97. The first-order chi connectivity index (χ1) is 11.6. The van der Waals surface area contributed by atoms with Crippen LogP contribution in [-0.2, 0) is 4.79 Å². The van der Waals surface area contributed by atoms with E-state index in [1.54, 1.807) is 12.4 Å². The molecule has 1 aromatic carbocycles. The van der Waals surface area contributed by atoms with Crippen molar-refractivity contribution in [2.24, 2.45) is 0 Å². The fraction of sp³-hybridized carbons (Fsp3) is 0.0588. The number of benzene rings is 1. The summed E-state index contributed by atoms with van der Waals surface area (Å²) in [5.74, 6) is -2.26. The highest BCUT2D eigenvalue weighted by Gasteiger charge is 2.15. The van der Waals surface area contributed by atoms with Gasteiger partial charge < -0.3 is 15.5 Å². The predicted octanol–water partition coefficient (Wildman–Crippen LogP) is 1.82. The highest BCUT2D eigenvalue weighted by molar-refractivity contribution is 5.98. The molecule has 2 aromatic heterocycles. The molecule has 1 amide bonds. The second-order valence-corrected chi connectivity index (χ2v) is 5.08. The van der Waals surface area contributed by atoms with Crippen molar-refractivity contribution in [3.05, 3.63) is 54.6 Å². The highest BCUT2D eigenvalue weighted by Crippen LogP contribution is 2.30. The first-order valence-corrected chi connectivity index (χ1v) is 7.08. The maximum absolute atomic E-state index is 11.8. The van der Waals surface area contributed by atoms with Crippen molar-refractivity contribution < 1.29 is 19.8 Å². The summed E-state index contributed by atoms with van der Waals surface area (Å²) in [4.78, 5) is 30.4. The number of fused-ring (bicyclic) bond motifs is 1. The van der Waals surface area contributed by atoms with Crippen LogP contribution in [0.2, 0.25) is 0 Å². The number of amides is 1. The lowest BCUT2D eigenvalue weighted by atomic mass is 10.0. The summed E-state index contributed by atoms with van der Waals surface area (Å²) in [7, 11) is 0. The molecular formula is C17H13N3O4. The molecule has 24 heavy (non-hydrogen) atoms. The summed E-state index contributed by atoms with van der Waals surface area (Å²) >= 11 is 0. The minimum absolute atomic E-state index is 0.229. The molecule has 3 N–H and O–H groups in total. The van der Waals surface area contributed by atoms with E-state index in [-0.39, 0.29) is 11.4 Å². The molecule has 0 fully saturated rings. The Hall–Kier alpha value is -3.48. The third-order valence-electron chi connectivity index (χ3n) is 3.46. The number of aliphatic carboxylic acids is 1. The lowest BCUT2D eigenvalue weighted by Crippen LogP contribution is -2.29. The van der Waals surface area contributed by atoms with Gasteiger partial charge in [0.15, 0.2) is 5.69 Å². The molecule has 0 aliphatic heterocycles. The number of nitrogens with one attached hydrogen (secondary N) is 1. The standard InChI is InChI=1S/C17H13N3O4/c21-14-5-11(7-19-16(14)17(24)20-9-15(22)23)13-8-18-6-10-3-1-2-4-12(10)13/h1-8,21H,9H2,(H,20,24)(H,22,23). The quantitative estimate of drug-likeness (QED) is 0.675. The van der Waals surface area contributed by atoms with E-state index < -0.39 is 18.4 Å². The zero-order valence-corrected chi connectivity index (χ0v) is 12.4. The zero-order chi connectivity index (χ0) is 17.1. The Morgan fingerprint density at radius 1 is 1.12 bits per heavy atom. The molecule has 0 unspecified atom stereocenters. The molecule has 0 spiro atoms. The molecule has 2 heterocycles. The average Bonchev–Trinajstić information content (AvgIpc) is 2.59. The number of aromatic hydroxyl groups is 1. The number of pyridine rings is 2. The van der Waals surface area contributed by atoms with Crippen molar-refractivity contribution in [1.29, 1.82) is 0 Å². The van der Waals surface area contributed by atoms with Crippen LogP contribution in [0.1, 0.15) is 10.5 Å². The van der Waals surface area contributed by atoms with Gasteiger partial charge >= 0.3 is 5.97 Å². The number of hydrogen-bond acceptors (Lipinski definition) is 5. The average molecular weight is 323 g/mol. The van der Waals surface area contributed by atoms with Gasteiger partial charge in [-0.05, 0) is 11.5 Å². The van der Waals surface area contributed by atoms with Crippen LogP contribution in [0.3, 0.4) is 0 Å². The fourth-order valence-electron chi connectivity index (χ4n) is 2.36. The molecule has 0 bridgehead atoms. The van der Waals surface area contributed by atoms with Crippen LogP contribution in [0, 0.1) is 0 Å². The van der Waals surface area contributed by atoms with Crippen LogP contribution in [0.25, 0.3) is 21.9 Å². The van der Waals surface area contributed by atoms with Crippen molar-refractivity contribution in [3.63, 3.8) is 0 Å². The smallest absolute Gasteiger partial charge is 0.322 e. The van der Waals surface area contributed by atoms with Gasteiger partial charge in [-0.2, -0.15) is 0 Å². The number of rotatable bonds is 4. The molecule has 0 saturated carbocycles. The van der Waals surface area contributed by atoms with Crippen LogP contribution in [0.5, 0.6) is 5.75 Å². The van der Waals surface area contributed by atoms with E-state index in [0.717, 1.165) is 16.3 Å². The number of aromatic nitrogens is 2. The van der Waals surface area contributed by atoms with Gasteiger partial charge in [0, 0.05) is 35.1 Å². The van der Waals surface area contributed by atoms with Crippen molar-refractivity contribution >= 4 is 22.6 Å². The van der Waals surface area contributed by atoms with Gasteiger partial charge in [0.2, 0.25) is 0 Å². The highest BCUT2D eigenvalue weighted by atomic mass is 16.4. The molecule has 7 heteroatoms. The molecule has 3 aromatic rings. The topological polar surface area (TPSA) is 112 Å². The SMILES string of the molecule is O=C(O)CNC(=O)c1ncc(-c2cncc3ccccc23)cc1O. The molecule has 0 aliphatic carbocycles. The molecule has 7 nitrogen and oxygen atoms in total. The Bertz CT molecular complexity index is 935. The molecule has 0 atom stereocenters. The third kappa shape index (κ3) is 3.00. The molecule has 120 valence electrons. The van der Waals surface area contributed by atoms with E-state index in [4.69, 9.17) is 5.11 Å². The maximum Gasteiger partial charge on any atom is 0.322 e. The lowest BCUT2D eigenvalue weighted by molar-refractivity contribution is -0.135. The van der Waals surface area contributed by atoms with Crippen LogP contribution in [0.15, 0.2) is 48.9 Å². The Morgan fingerprint density at radius 2 is 1.92 bits per heavy atom. The molecule has 0 radical (unpaired) electrons. The second-order valence-electron chi connectivity index (χ2n) is 5.08. The number of nitrogens with zero attached hydrogens (tertiary/aromatic N) is 2.